The summed E-state index contributed by atoms with van der Waals surface area (Å²) in [6.07, 6.45) is 3.57. The molecule has 0 aromatic carbocycles. The van der Waals surface area contributed by atoms with Crippen molar-refractivity contribution in [2.45, 2.75) is 31.5 Å². The highest BCUT2D eigenvalue weighted by Crippen LogP contribution is 2.28. The third kappa shape index (κ3) is 2.76. The monoisotopic (exact) mass is 186 g/mol. The zero-order chi connectivity index (χ0) is 9.84. The van der Waals surface area contributed by atoms with Gasteiger partial charge in [0.15, 0.2) is 0 Å². The molecule has 0 spiro atoms. The highest BCUT2D eigenvalue weighted by molar-refractivity contribution is 5.61. The largest absolute Gasteiger partial charge is 0.306 e. The number of alkyl halides is 1. The SMILES string of the molecule is CN=CC1CC(F)CC[C@@H]1N(C)C. The molecule has 1 saturated carbocycles. The van der Waals surface area contributed by atoms with Crippen LogP contribution in [0.25, 0.3) is 0 Å². The third-order valence-electron chi connectivity index (χ3n) is 2.80. The van der Waals surface area contributed by atoms with E-state index >= 15 is 0 Å². The maximum absolute atomic E-state index is 13.1. The second kappa shape index (κ2) is 4.70. The summed E-state index contributed by atoms with van der Waals surface area (Å²) in [5, 5.41) is 0. The molecule has 13 heavy (non-hydrogen) atoms. The summed E-state index contributed by atoms with van der Waals surface area (Å²) in [5.74, 6) is 0.295. The lowest BCUT2D eigenvalue weighted by atomic mass is 9.83. The zero-order valence-corrected chi connectivity index (χ0v) is 8.70. The summed E-state index contributed by atoms with van der Waals surface area (Å²) in [6, 6.07) is 0.468. The molecule has 76 valence electrons. The molecular weight excluding hydrogens is 167 g/mol. The van der Waals surface area contributed by atoms with Crippen molar-refractivity contribution in [3.8, 4) is 0 Å². The van der Waals surface area contributed by atoms with Crippen LogP contribution in [0.1, 0.15) is 19.3 Å². The summed E-state index contributed by atoms with van der Waals surface area (Å²) in [7, 11) is 5.87. The minimum Gasteiger partial charge on any atom is -0.306 e. The summed E-state index contributed by atoms with van der Waals surface area (Å²) in [6.45, 7) is 0. The fourth-order valence-electron chi connectivity index (χ4n) is 2.13. The van der Waals surface area contributed by atoms with Crippen molar-refractivity contribution in [3.63, 3.8) is 0 Å². The van der Waals surface area contributed by atoms with Crippen molar-refractivity contribution in [2.24, 2.45) is 10.9 Å². The zero-order valence-electron chi connectivity index (χ0n) is 8.70. The fraction of sp³-hybridized carbons (Fsp3) is 0.900. The molecule has 0 radical (unpaired) electrons. The predicted molar refractivity (Wildman–Crippen MR) is 54.1 cm³/mol. The van der Waals surface area contributed by atoms with Gasteiger partial charge in [0.05, 0.1) is 0 Å². The second-order valence-corrected chi connectivity index (χ2v) is 4.01. The molecule has 0 saturated heterocycles. The van der Waals surface area contributed by atoms with E-state index in [1.807, 2.05) is 6.21 Å². The van der Waals surface area contributed by atoms with Gasteiger partial charge in [-0.2, -0.15) is 0 Å². The number of rotatable bonds is 2. The van der Waals surface area contributed by atoms with Crippen LogP contribution in [0, 0.1) is 5.92 Å². The Bertz CT molecular complexity index is 180. The van der Waals surface area contributed by atoms with Crippen LogP contribution < -0.4 is 0 Å². The minimum atomic E-state index is -0.626. The Labute approximate surface area is 79.8 Å². The Hall–Kier alpha value is -0.440. The second-order valence-electron chi connectivity index (χ2n) is 4.01. The first-order chi connectivity index (χ1) is 6.15. The van der Waals surface area contributed by atoms with Crippen molar-refractivity contribution in [1.29, 1.82) is 0 Å². The average molecular weight is 186 g/mol. The number of hydrogen-bond donors (Lipinski definition) is 0. The molecule has 1 aliphatic rings. The van der Waals surface area contributed by atoms with Crippen LogP contribution >= 0.6 is 0 Å². The molecule has 3 atom stereocenters. The van der Waals surface area contributed by atoms with Gasteiger partial charge in [-0.1, -0.05) is 0 Å². The van der Waals surface area contributed by atoms with Gasteiger partial charge in [0.25, 0.3) is 0 Å². The minimum absolute atomic E-state index is 0.295. The van der Waals surface area contributed by atoms with Crippen molar-refractivity contribution in [3.05, 3.63) is 0 Å². The van der Waals surface area contributed by atoms with Gasteiger partial charge in [-0.05, 0) is 33.4 Å². The Morgan fingerprint density at radius 2 is 2.08 bits per heavy atom. The summed E-state index contributed by atoms with van der Waals surface area (Å²) >= 11 is 0. The first-order valence-electron chi connectivity index (χ1n) is 4.88. The van der Waals surface area contributed by atoms with E-state index in [0.29, 0.717) is 24.8 Å². The van der Waals surface area contributed by atoms with E-state index in [4.69, 9.17) is 0 Å². The molecule has 0 aliphatic heterocycles. The van der Waals surface area contributed by atoms with E-state index in [9.17, 15) is 4.39 Å². The molecule has 1 aliphatic carbocycles. The average Bonchev–Trinajstić information content (AvgIpc) is 2.04. The van der Waals surface area contributed by atoms with E-state index in [1.165, 1.54) is 0 Å². The standard InChI is InChI=1S/C10H19FN2/c1-12-7-8-6-9(11)4-5-10(8)13(2)3/h7-10H,4-6H2,1-3H3/t8?,9?,10-/m0/s1. The van der Waals surface area contributed by atoms with E-state index in [1.54, 1.807) is 7.05 Å². The lowest BCUT2D eigenvalue weighted by molar-refractivity contribution is 0.135. The third-order valence-corrected chi connectivity index (χ3v) is 2.80. The predicted octanol–water partition coefficient (Wildman–Crippen LogP) is 1.76. The van der Waals surface area contributed by atoms with E-state index in [-0.39, 0.29) is 0 Å². The first-order valence-corrected chi connectivity index (χ1v) is 4.88. The fourth-order valence-corrected chi connectivity index (χ4v) is 2.13. The van der Waals surface area contributed by atoms with E-state index in [2.05, 4.69) is 24.0 Å². The van der Waals surface area contributed by atoms with Crippen LogP contribution in [0.2, 0.25) is 0 Å². The van der Waals surface area contributed by atoms with Crippen LogP contribution in [0.3, 0.4) is 0 Å². The number of aliphatic imine (C=N–C) groups is 1. The lowest BCUT2D eigenvalue weighted by Crippen LogP contribution is -2.41. The quantitative estimate of drug-likeness (QED) is 0.600. The van der Waals surface area contributed by atoms with Gasteiger partial charge in [0.2, 0.25) is 0 Å². The van der Waals surface area contributed by atoms with E-state index in [0.717, 1.165) is 6.42 Å². The normalized spacial score (nSPS) is 35.9. The Kier molecular flexibility index (Phi) is 3.85. The highest BCUT2D eigenvalue weighted by atomic mass is 19.1. The van der Waals surface area contributed by atoms with E-state index < -0.39 is 6.17 Å². The molecule has 2 nitrogen and oxygen atoms in total. The van der Waals surface area contributed by atoms with Crippen molar-refractivity contribution in [1.82, 2.24) is 4.90 Å². The maximum Gasteiger partial charge on any atom is 0.101 e. The van der Waals surface area contributed by atoms with Crippen molar-refractivity contribution >= 4 is 6.21 Å². The maximum atomic E-state index is 13.1. The van der Waals surface area contributed by atoms with Crippen LogP contribution in [-0.4, -0.2) is 44.5 Å². The molecule has 3 heteroatoms. The van der Waals surface area contributed by atoms with Gasteiger partial charge in [-0.3, -0.25) is 0 Å². The van der Waals surface area contributed by atoms with Crippen LogP contribution in [0.4, 0.5) is 4.39 Å². The smallest absolute Gasteiger partial charge is 0.101 e. The molecule has 0 N–H and O–H groups in total. The van der Waals surface area contributed by atoms with Gasteiger partial charge in [-0.15, -0.1) is 0 Å². The first kappa shape index (κ1) is 10.6. The van der Waals surface area contributed by atoms with Crippen molar-refractivity contribution < 1.29 is 4.39 Å². The molecular formula is C10H19FN2. The summed E-state index contributed by atoms with van der Waals surface area (Å²) < 4.78 is 13.1. The Morgan fingerprint density at radius 3 is 2.62 bits per heavy atom. The Balaban J connectivity index is 2.60. The van der Waals surface area contributed by atoms with Gasteiger partial charge in [0, 0.05) is 25.2 Å². The summed E-state index contributed by atoms with van der Waals surface area (Å²) in [4.78, 5) is 6.19. The molecule has 0 bridgehead atoms. The van der Waals surface area contributed by atoms with Crippen molar-refractivity contribution in [2.75, 3.05) is 21.1 Å². The molecule has 1 rings (SSSR count). The topological polar surface area (TPSA) is 15.6 Å². The van der Waals surface area contributed by atoms with Gasteiger partial charge in [-0.25, -0.2) is 4.39 Å². The van der Waals surface area contributed by atoms with Gasteiger partial charge >= 0.3 is 0 Å². The molecule has 0 aromatic heterocycles. The molecule has 0 amide bonds. The van der Waals surface area contributed by atoms with Gasteiger partial charge in [0.1, 0.15) is 6.17 Å². The van der Waals surface area contributed by atoms with Crippen LogP contribution in [0.15, 0.2) is 4.99 Å². The number of hydrogen-bond acceptors (Lipinski definition) is 2. The van der Waals surface area contributed by atoms with Gasteiger partial charge < -0.3 is 9.89 Å². The lowest BCUT2D eigenvalue weighted by Gasteiger charge is -2.35. The molecule has 0 aromatic rings. The summed E-state index contributed by atoms with van der Waals surface area (Å²) in [5.41, 5.74) is 0. The number of nitrogens with zero attached hydrogens (tertiary/aromatic N) is 2. The molecule has 1 fully saturated rings. The van der Waals surface area contributed by atoms with Crippen LogP contribution in [-0.2, 0) is 0 Å². The highest BCUT2D eigenvalue weighted by Gasteiger charge is 2.30. The van der Waals surface area contributed by atoms with Crippen LogP contribution in [0.5, 0.6) is 0 Å². The molecule has 0 heterocycles. The molecule has 2 unspecified atom stereocenters. The number of halogens is 1. The Morgan fingerprint density at radius 1 is 1.38 bits per heavy atom.